The highest BCUT2D eigenvalue weighted by molar-refractivity contribution is 5.29. The second-order valence-corrected chi connectivity index (χ2v) is 4.36. The average Bonchev–Trinajstić information content (AvgIpc) is 2.16. The Kier molecular flexibility index (Phi) is 3.27. The van der Waals surface area contributed by atoms with Gasteiger partial charge in [-0.05, 0) is 43.4 Å². The molecule has 1 atom stereocenters. The molecule has 0 amide bonds. The van der Waals surface area contributed by atoms with E-state index >= 15 is 0 Å². The van der Waals surface area contributed by atoms with Crippen molar-refractivity contribution in [3.05, 3.63) is 29.8 Å². The standard InChI is InChI=1S/C13H18O2/c1-10(14)12-6-3-7-13(8-12)15-9-11-4-2-5-11/h3,6-8,10-11,14H,2,4-5,9H2,1H3/t10-/m1/s1. The van der Waals surface area contributed by atoms with Gasteiger partial charge in [0.25, 0.3) is 0 Å². The molecule has 0 saturated heterocycles. The summed E-state index contributed by atoms with van der Waals surface area (Å²) < 4.78 is 5.69. The lowest BCUT2D eigenvalue weighted by Crippen LogP contribution is -2.19. The molecule has 0 heterocycles. The Morgan fingerprint density at radius 1 is 1.47 bits per heavy atom. The first-order chi connectivity index (χ1) is 7.25. The van der Waals surface area contributed by atoms with Gasteiger partial charge >= 0.3 is 0 Å². The lowest BCUT2D eigenvalue weighted by molar-refractivity contribution is 0.178. The van der Waals surface area contributed by atoms with Crippen LogP contribution < -0.4 is 4.74 Å². The van der Waals surface area contributed by atoms with Gasteiger partial charge in [0.2, 0.25) is 0 Å². The van der Waals surface area contributed by atoms with E-state index in [1.54, 1.807) is 6.92 Å². The van der Waals surface area contributed by atoms with Crippen LogP contribution in [0.4, 0.5) is 0 Å². The van der Waals surface area contributed by atoms with E-state index < -0.39 is 6.10 Å². The van der Waals surface area contributed by atoms with Crippen molar-refractivity contribution >= 4 is 0 Å². The molecule has 1 aromatic carbocycles. The van der Waals surface area contributed by atoms with Gasteiger partial charge < -0.3 is 9.84 Å². The molecule has 2 rings (SSSR count). The largest absolute Gasteiger partial charge is 0.493 e. The van der Waals surface area contributed by atoms with E-state index in [1.165, 1.54) is 19.3 Å². The molecular weight excluding hydrogens is 188 g/mol. The van der Waals surface area contributed by atoms with Crippen LogP contribution in [0.2, 0.25) is 0 Å². The second kappa shape index (κ2) is 4.67. The first kappa shape index (κ1) is 10.5. The predicted octanol–water partition coefficient (Wildman–Crippen LogP) is 2.92. The highest BCUT2D eigenvalue weighted by atomic mass is 16.5. The molecule has 0 unspecified atom stereocenters. The van der Waals surface area contributed by atoms with Gasteiger partial charge in [-0.25, -0.2) is 0 Å². The quantitative estimate of drug-likeness (QED) is 0.820. The zero-order valence-electron chi connectivity index (χ0n) is 9.15. The van der Waals surface area contributed by atoms with E-state index in [0.717, 1.165) is 23.8 Å². The fraction of sp³-hybridized carbons (Fsp3) is 0.538. The Labute approximate surface area is 90.9 Å². The minimum Gasteiger partial charge on any atom is -0.493 e. The predicted molar refractivity (Wildman–Crippen MR) is 59.9 cm³/mol. The van der Waals surface area contributed by atoms with E-state index in [4.69, 9.17) is 4.74 Å². The first-order valence-electron chi connectivity index (χ1n) is 5.66. The Bertz CT molecular complexity index is 316. The van der Waals surface area contributed by atoms with Crippen molar-refractivity contribution in [1.82, 2.24) is 0 Å². The van der Waals surface area contributed by atoms with Crippen LogP contribution in [0.3, 0.4) is 0 Å². The molecule has 1 aliphatic carbocycles. The van der Waals surface area contributed by atoms with Crippen molar-refractivity contribution in [3.8, 4) is 5.75 Å². The van der Waals surface area contributed by atoms with Crippen molar-refractivity contribution in [1.29, 1.82) is 0 Å². The third kappa shape index (κ3) is 2.72. The van der Waals surface area contributed by atoms with Crippen LogP contribution in [0.5, 0.6) is 5.75 Å². The highest BCUT2D eigenvalue weighted by Gasteiger charge is 2.17. The zero-order chi connectivity index (χ0) is 10.7. The summed E-state index contributed by atoms with van der Waals surface area (Å²) in [6.45, 7) is 2.59. The molecule has 1 saturated carbocycles. The molecule has 0 aliphatic heterocycles. The van der Waals surface area contributed by atoms with E-state index in [9.17, 15) is 5.11 Å². The van der Waals surface area contributed by atoms with Crippen LogP contribution in [0.1, 0.15) is 37.9 Å². The average molecular weight is 206 g/mol. The molecule has 15 heavy (non-hydrogen) atoms. The summed E-state index contributed by atoms with van der Waals surface area (Å²) in [4.78, 5) is 0. The van der Waals surface area contributed by atoms with Crippen LogP contribution in [-0.2, 0) is 0 Å². The zero-order valence-corrected chi connectivity index (χ0v) is 9.15. The highest BCUT2D eigenvalue weighted by Crippen LogP contribution is 2.27. The van der Waals surface area contributed by atoms with Crippen LogP contribution in [0.25, 0.3) is 0 Å². The summed E-state index contributed by atoms with van der Waals surface area (Å²) in [6, 6.07) is 7.72. The van der Waals surface area contributed by atoms with Gasteiger partial charge in [-0.2, -0.15) is 0 Å². The van der Waals surface area contributed by atoms with Crippen molar-refractivity contribution in [2.24, 2.45) is 5.92 Å². The Balaban J connectivity index is 1.92. The maximum atomic E-state index is 9.43. The van der Waals surface area contributed by atoms with Gasteiger partial charge in [0, 0.05) is 0 Å². The second-order valence-electron chi connectivity index (χ2n) is 4.36. The molecule has 2 heteroatoms. The number of rotatable bonds is 4. The van der Waals surface area contributed by atoms with Crippen LogP contribution >= 0.6 is 0 Å². The normalized spacial score (nSPS) is 18.3. The molecule has 0 bridgehead atoms. The monoisotopic (exact) mass is 206 g/mol. The third-order valence-electron chi connectivity index (χ3n) is 3.05. The smallest absolute Gasteiger partial charge is 0.119 e. The van der Waals surface area contributed by atoms with Crippen molar-refractivity contribution < 1.29 is 9.84 Å². The van der Waals surface area contributed by atoms with Crippen molar-refractivity contribution in [3.63, 3.8) is 0 Å². The summed E-state index contributed by atoms with van der Waals surface area (Å²) in [5.74, 6) is 1.63. The van der Waals surface area contributed by atoms with E-state index in [2.05, 4.69) is 0 Å². The molecule has 2 nitrogen and oxygen atoms in total. The number of hydrogen-bond donors (Lipinski definition) is 1. The molecule has 1 N–H and O–H groups in total. The maximum absolute atomic E-state index is 9.43. The summed E-state index contributed by atoms with van der Waals surface area (Å²) in [5.41, 5.74) is 0.918. The third-order valence-corrected chi connectivity index (χ3v) is 3.05. The minimum atomic E-state index is -0.419. The fourth-order valence-electron chi connectivity index (χ4n) is 1.74. The molecule has 1 aliphatic rings. The van der Waals surface area contributed by atoms with Crippen LogP contribution in [0, 0.1) is 5.92 Å². The fourth-order valence-corrected chi connectivity index (χ4v) is 1.74. The lowest BCUT2D eigenvalue weighted by Gasteiger charge is -2.25. The molecule has 0 radical (unpaired) electrons. The molecule has 1 fully saturated rings. The molecule has 0 aromatic heterocycles. The molecular formula is C13H18O2. The lowest BCUT2D eigenvalue weighted by atomic mass is 9.86. The van der Waals surface area contributed by atoms with Crippen LogP contribution in [-0.4, -0.2) is 11.7 Å². The topological polar surface area (TPSA) is 29.5 Å². The van der Waals surface area contributed by atoms with E-state index in [1.807, 2.05) is 24.3 Å². The van der Waals surface area contributed by atoms with Gasteiger partial charge in [-0.3, -0.25) is 0 Å². The number of aliphatic hydroxyl groups is 1. The van der Waals surface area contributed by atoms with E-state index in [0.29, 0.717) is 0 Å². The Hall–Kier alpha value is -1.02. The van der Waals surface area contributed by atoms with E-state index in [-0.39, 0.29) is 0 Å². The van der Waals surface area contributed by atoms with Gasteiger partial charge in [0.1, 0.15) is 5.75 Å². The summed E-state index contributed by atoms with van der Waals surface area (Å²) >= 11 is 0. The molecule has 1 aromatic rings. The number of hydrogen-bond acceptors (Lipinski definition) is 2. The molecule has 82 valence electrons. The van der Waals surface area contributed by atoms with Crippen LogP contribution in [0.15, 0.2) is 24.3 Å². The van der Waals surface area contributed by atoms with Gasteiger partial charge in [-0.1, -0.05) is 18.6 Å². The minimum absolute atomic E-state index is 0.419. The SMILES string of the molecule is C[C@@H](O)c1cccc(OCC2CCC2)c1. The summed E-state index contributed by atoms with van der Waals surface area (Å²) in [7, 11) is 0. The van der Waals surface area contributed by atoms with Crippen molar-refractivity contribution in [2.75, 3.05) is 6.61 Å². The Morgan fingerprint density at radius 3 is 2.87 bits per heavy atom. The van der Waals surface area contributed by atoms with Crippen molar-refractivity contribution in [2.45, 2.75) is 32.3 Å². The Morgan fingerprint density at radius 2 is 2.27 bits per heavy atom. The molecule has 0 spiro atoms. The summed E-state index contributed by atoms with van der Waals surface area (Å²) in [5, 5.41) is 9.43. The van der Waals surface area contributed by atoms with Gasteiger partial charge in [0.05, 0.1) is 12.7 Å². The first-order valence-corrected chi connectivity index (χ1v) is 5.66. The van der Waals surface area contributed by atoms with Gasteiger partial charge in [-0.15, -0.1) is 0 Å². The van der Waals surface area contributed by atoms with Gasteiger partial charge in [0.15, 0.2) is 0 Å². The number of benzene rings is 1. The number of aliphatic hydroxyl groups excluding tert-OH is 1. The summed E-state index contributed by atoms with van der Waals surface area (Å²) in [6.07, 6.45) is 3.53. The maximum Gasteiger partial charge on any atom is 0.119 e. The number of ether oxygens (including phenoxy) is 1.